The van der Waals surface area contributed by atoms with E-state index in [-0.39, 0.29) is 0 Å². The van der Waals surface area contributed by atoms with Crippen LogP contribution < -0.4 is 4.74 Å². The van der Waals surface area contributed by atoms with Crippen LogP contribution in [0.15, 0.2) is 36.7 Å². The zero-order valence-electron chi connectivity index (χ0n) is 7.77. The largest absolute Gasteiger partial charge is 0.496 e. The van der Waals surface area contributed by atoms with Crippen LogP contribution in [0.4, 0.5) is 0 Å². The van der Waals surface area contributed by atoms with Crippen molar-refractivity contribution in [2.75, 3.05) is 7.11 Å². The van der Waals surface area contributed by atoms with Gasteiger partial charge in [-0.15, -0.1) is 0 Å². The summed E-state index contributed by atoms with van der Waals surface area (Å²) in [7, 11) is 1.65. The lowest BCUT2D eigenvalue weighted by Crippen LogP contribution is -1.88. The van der Waals surface area contributed by atoms with Crippen LogP contribution in [0.2, 0.25) is 0 Å². The third-order valence-electron chi connectivity index (χ3n) is 1.94. The Morgan fingerprint density at radius 1 is 1.14 bits per heavy atom. The number of hydrogen-bond acceptors (Lipinski definition) is 3. The van der Waals surface area contributed by atoms with Crippen molar-refractivity contribution in [1.82, 2.24) is 9.97 Å². The molecule has 0 aliphatic heterocycles. The quantitative estimate of drug-likeness (QED) is 0.717. The number of ether oxygens (including phenoxy) is 1. The molecule has 1 aromatic carbocycles. The fourth-order valence-corrected chi connectivity index (χ4v) is 1.29. The Morgan fingerprint density at radius 2 is 1.86 bits per heavy atom. The Morgan fingerprint density at radius 3 is 2.57 bits per heavy atom. The van der Waals surface area contributed by atoms with E-state index in [0.717, 1.165) is 16.9 Å². The predicted octanol–water partition coefficient (Wildman–Crippen LogP) is 1.95. The van der Waals surface area contributed by atoms with E-state index in [1.165, 1.54) is 0 Å². The Bertz CT molecular complexity index is 415. The van der Waals surface area contributed by atoms with Gasteiger partial charge in [0.05, 0.1) is 7.11 Å². The lowest BCUT2D eigenvalue weighted by molar-refractivity contribution is 0.416. The molecular formula is C11H9N2O. The van der Waals surface area contributed by atoms with Gasteiger partial charge >= 0.3 is 0 Å². The molecule has 0 fully saturated rings. The molecule has 0 saturated carbocycles. The van der Waals surface area contributed by atoms with E-state index in [2.05, 4.69) is 16.3 Å². The number of para-hydroxylation sites is 1. The van der Waals surface area contributed by atoms with E-state index in [4.69, 9.17) is 4.74 Å². The van der Waals surface area contributed by atoms with E-state index in [1.807, 2.05) is 24.3 Å². The zero-order chi connectivity index (χ0) is 9.80. The Balaban J connectivity index is 2.51. The van der Waals surface area contributed by atoms with Crippen molar-refractivity contribution < 1.29 is 4.74 Å². The van der Waals surface area contributed by atoms with Crippen molar-refractivity contribution in [3.63, 3.8) is 0 Å². The third-order valence-corrected chi connectivity index (χ3v) is 1.94. The van der Waals surface area contributed by atoms with Crippen molar-refractivity contribution in [2.24, 2.45) is 0 Å². The van der Waals surface area contributed by atoms with Crippen LogP contribution in [0, 0.1) is 6.33 Å². The van der Waals surface area contributed by atoms with Crippen molar-refractivity contribution in [3.8, 4) is 16.9 Å². The number of hydrogen-bond donors (Lipinski definition) is 0. The maximum absolute atomic E-state index is 5.23. The molecule has 0 spiro atoms. The van der Waals surface area contributed by atoms with Gasteiger partial charge in [0.2, 0.25) is 0 Å². The number of methoxy groups -OCH3 is 1. The molecule has 0 amide bonds. The van der Waals surface area contributed by atoms with Gasteiger partial charge in [0.15, 0.2) is 6.33 Å². The molecule has 0 N–H and O–H groups in total. The second-order valence-corrected chi connectivity index (χ2v) is 2.77. The Hall–Kier alpha value is -1.90. The zero-order valence-corrected chi connectivity index (χ0v) is 7.77. The van der Waals surface area contributed by atoms with Crippen LogP contribution in [0.1, 0.15) is 0 Å². The van der Waals surface area contributed by atoms with Gasteiger partial charge in [0, 0.05) is 23.5 Å². The molecule has 3 heteroatoms. The minimum absolute atomic E-state index is 0.822. The summed E-state index contributed by atoms with van der Waals surface area (Å²) >= 11 is 0. The van der Waals surface area contributed by atoms with Crippen LogP contribution in [0.25, 0.3) is 11.1 Å². The summed E-state index contributed by atoms with van der Waals surface area (Å²) in [6.45, 7) is 0. The molecule has 0 atom stereocenters. The van der Waals surface area contributed by atoms with Crippen molar-refractivity contribution in [3.05, 3.63) is 43.0 Å². The molecule has 1 aromatic heterocycles. The van der Waals surface area contributed by atoms with Crippen molar-refractivity contribution in [1.29, 1.82) is 0 Å². The highest BCUT2D eigenvalue weighted by molar-refractivity contribution is 5.68. The Kier molecular flexibility index (Phi) is 2.40. The molecule has 1 heterocycles. The van der Waals surface area contributed by atoms with Gasteiger partial charge in [-0.1, -0.05) is 18.2 Å². The maximum atomic E-state index is 5.23. The minimum Gasteiger partial charge on any atom is -0.496 e. The topological polar surface area (TPSA) is 35.0 Å². The third kappa shape index (κ3) is 1.57. The molecule has 0 aliphatic rings. The standard InChI is InChI=1S/C11H9N2O/c1-14-11-5-3-2-4-10(11)9-6-12-8-13-7-9/h2-7H,1H3. The summed E-state index contributed by atoms with van der Waals surface area (Å²) in [5.41, 5.74) is 1.92. The maximum Gasteiger partial charge on any atom is 0.197 e. The number of nitrogens with zero attached hydrogens (tertiary/aromatic N) is 2. The molecule has 14 heavy (non-hydrogen) atoms. The first-order valence-corrected chi connectivity index (χ1v) is 4.23. The van der Waals surface area contributed by atoms with Crippen LogP contribution in [-0.2, 0) is 0 Å². The summed E-state index contributed by atoms with van der Waals surface area (Å²) < 4.78 is 5.23. The van der Waals surface area contributed by atoms with Gasteiger partial charge in [-0.2, -0.15) is 0 Å². The number of benzene rings is 1. The van der Waals surface area contributed by atoms with Gasteiger partial charge < -0.3 is 4.74 Å². The van der Waals surface area contributed by atoms with Gasteiger partial charge in [-0.05, 0) is 6.07 Å². The second-order valence-electron chi connectivity index (χ2n) is 2.77. The van der Waals surface area contributed by atoms with E-state index in [0.29, 0.717) is 0 Å². The first-order valence-electron chi connectivity index (χ1n) is 4.23. The molecule has 0 aliphatic carbocycles. The fraction of sp³-hybridized carbons (Fsp3) is 0.0909. The highest BCUT2D eigenvalue weighted by Gasteiger charge is 2.03. The first-order chi connectivity index (χ1) is 6.92. The van der Waals surface area contributed by atoms with E-state index < -0.39 is 0 Å². The number of rotatable bonds is 2. The van der Waals surface area contributed by atoms with Gasteiger partial charge in [0.1, 0.15) is 5.75 Å². The smallest absolute Gasteiger partial charge is 0.197 e. The predicted molar refractivity (Wildman–Crippen MR) is 52.9 cm³/mol. The summed E-state index contributed by atoms with van der Waals surface area (Å²) in [5, 5.41) is 0. The highest BCUT2D eigenvalue weighted by atomic mass is 16.5. The first kappa shape index (κ1) is 8.69. The van der Waals surface area contributed by atoms with Crippen molar-refractivity contribution >= 4 is 0 Å². The lowest BCUT2D eigenvalue weighted by atomic mass is 10.1. The highest BCUT2D eigenvalue weighted by Crippen LogP contribution is 2.27. The molecule has 0 unspecified atom stereocenters. The average Bonchev–Trinajstić information content (AvgIpc) is 2.30. The van der Waals surface area contributed by atoms with E-state index >= 15 is 0 Å². The van der Waals surface area contributed by atoms with Crippen LogP contribution in [0.5, 0.6) is 5.75 Å². The second kappa shape index (κ2) is 3.87. The molecule has 2 rings (SSSR count). The lowest BCUT2D eigenvalue weighted by Gasteiger charge is -2.06. The van der Waals surface area contributed by atoms with Crippen LogP contribution in [0.3, 0.4) is 0 Å². The number of aromatic nitrogens is 2. The molecule has 0 saturated heterocycles. The Labute approximate surface area is 82.4 Å². The molecule has 2 aromatic rings. The normalized spacial score (nSPS) is 9.79. The molecule has 3 nitrogen and oxygen atoms in total. The molecule has 1 radical (unpaired) electrons. The van der Waals surface area contributed by atoms with E-state index in [1.54, 1.807) is 19.5 Å². The average molecular weight is 185 g/mol. The summed E-state index contributed by atoms with van der Waals surface area (Å²) in [6.07, 6.45) is 5.93. The summed E-state index contributed by atoms with van der Waals surface area (Å²) in [6, 6.07) is 7.76. The van der Waals surface area contributed by atoms with E-state index in [9.17, 15) is 0 Å². The minimum atomic E-state index is 0.822. The SMILES string of the molecule is COc1ccccc1-c1cn[c]nc1. The summed E-state index contributed by atoms with van der Waals surface area (Å²) in [5.74, 6) is 0.822. The van der Waals surface area contributed by atoms with Gasteiger partial charge in [-0.3, -0.25) is 0 Å². The van der Waals surface area contributed by atoms with Gasteiger partial charge in [-0.25, -0.2) is 9.97 Å². The molecule has 0 bridgehead atoms. The molecular weight excluding hydrogens is 176 g/mol. The van der Waals surface area contributed by atoms with Crippen LogP contribution in [-0.4, -0.2) is 17.1 Å². The fourth-order valence-electron chi connectivity index (χ4n) is 1.29. The molecule has 69 valence electrons. The van der Waals surface area contributed by atoms with Crippen LogP contribution >= 0.6 is 0 Å². The monoisotopic (exact) mass is 185 g/mol. The summed E-state index contributed by atoms with van der Waals surface area (Å²) in [4.78, 5) is 7.69. The van der Waals surface area contributed by atoms with Gasteiger partial charge in [0.25, 0.3) is 0 Å². The van der Waals surface area contributed by atoms with Crippen molar-refractivity contribution in [2.45, 2.75) is 0 Å².